The number of aliphatic hydroxyl groups excluding tert-OH is 1. The van der Waals surface area contributed by atoms with E-state index in [2.05, 4.69) is 30.8 Å². The SMILES string of the molecule is Cc1nc(CNS(=O)(=O)c2cc(CO)sc2Br)no1. The van der Waals surface area contributed by atoms with Crippen LogP contribution in [-0.2, 0) is 23.2 Å². The van der Waals surface area contributed by atoms with E-state index in [1.807, 2.05) is 0 Å². The van der Waals surface area contributed by atoms with Crippen LogP contribution in [0.1, 0.15) is 16.6 Å². The molecule has 0 aliphatic heterocycles. The van der Waals surface area contributed by atoms with Gasteiger partial charge in [-0.2, -0.15) is 4.98 Å². The van der Waals surface area contributed by atoms with Crippen LogP contribution in [0.2, 0.25) is 0 Å². The third-order valence-corrected chi connectivity index (χ3v) is 5.78. The lowest BCUT2D eigenvalue weighted by Crippen LogP contribution is -2.23. The Labute approximate surface area is 121 Å². The summed E-state index contributed by atoms with van der Waals surface area (Å²) >= 11 is 4.33. The van der Waals surface area contributed by atoms with Crippen molar-refractivity contribution >= 4 is 37.3 Å². The summed E-state index contributed by atoms with van der Waals surface area (Å²) in [5.41, 5.74) is 0. The maximum Gasteiger partial charge on any atom is 0.242 e. The van der Waals surface area contributed by atoms with E-state index in [0.717, 1.165) is 11.3 Å². The molecule has 0 atom stereocenters. The predicted molar refractivity (Wildman–Crippen MR) is 71.0 cm³/mol. The van der Waals surface area contributed by atoms with Gasteiger partial charge in [0.25, 0.3) is 0 Å². The number of nitrogens with zero attached hydrogens (tertiary/aromatic N) is 2. The average Bonchev–Trinajstić information content (AvgIpc) is 2.93. The molecule has 104 valence electrons. The molecule has 0 fully saturated rings. The van der Waals surface area contributed by atoms with Crippen LogP contribution in [0.25, 0.3) is 0 Å². The van der Waals surface area contributed by atoms with E-state index < -0.39 is 10.0 Å². The Morgan fingerprint density at radius 2 is 2.32 bits per heavy atom. The highest BCUT2D eigenvalue weighted by molar-refractivity contribution is 9.11. The average molecular weight is 368 g/mol. The number of halogens is 1. The number of rotatable bonds is 5. The maximum absolute atomic E-state index is 12.1. The number of sulfonamides is 1. The van der Waals surface area contributed by atoms with E-state index in [1.165, 1.54) is 6.07 Å². The number of aryl methyl sites for hydroxylation is 1. The largest absolute Gasteiger partial charge is 0.391 e. The van der Waals surface area contributed by atoms with Crippen molar-refractivity contribution in [3.8, 4) is 0 Å². The van der Waals surface area contributed by atoms with Crippen molar-refractivity contribution in [2.75, 3.05) is 0 Å². The molecule has 0 aromatic carbocycles. The van der Waals surface area contributed by atoms with Gasteiger partial charge in [-0.1, -0.05) is 5.16 Å². The lowest BCUT2D eigenvalue weighted by Gasteiger charge is -2.02. The number of thiophene rings is 1. The van der Waals surface area contributed by atoms with Gasteiger partial charge in [0.05, 0.1) is 16.9 Å². The third kappa shape index (κ3) is 3.39. The summed E-state index contributed by atoms with van der Waals surface area (Å²) in [7, 11) is -3.69. The topological polar surface area (TPSA) is 105 Å². The van der Waals surface area contributed by atoms with Gasteiger partial charge in [-0.25, -0.2) is 13.1 Å². The van der Waals surface area contributed by atoms with Crippen molar-refractivity contribution in [3.05, 3.63) is 26.4 Å². The Kier molecular flexibility index (Phi) is 4.36. The summed E-state index contributed by atoms with van der Waals surface area (Å²) in [5.74, 6) is 0.628. The maximum atomic E-state index is 12.1. The van der Waals surface area contributed by atoms with Crippen LogP contribution in [0.4, 0.5) is 0 Å². The molecular formula is C9H10BrN3O4S2. The normalized spacial score (nSPS) is 11.9. The molecule has 2 aromatic heterocycles. The van der Waals surface area contributed by atoms with Crippen LogP contribution in [0.3, 0.4) is 0 Å². The van der Waals surface area contributed by atoms with E-state index in [9.17, 15) is 8.42 Å². The summed E-state index contributed by atoms with van der Waals surface area (Å²) in [6.07, 6.45) is 0. The van der Waals surface area contributed by atoms with Gasteiger partial charge in [-0.05, 0) is 22.0 Å². The number of aliphatic hydroxyl groups is 1. The van der Waals surface area contributed by atoms with E-state index in [0.29, 0.717) is 14.6 Å². The Balaban J connectivity index is 2.15. The van der Waals surface area contributed by atoms with Crippen molar-refractivity contribution in [3.63, 3.8) is 0 Å². The summed E-state index contributed by atoms with van der Waals surface area (Å²) in [4.78, 5) is 4.54. The second-order valence-electron chi connectivity index (χ2n) is 3.56. The molecule has 2 N–H and O–H groups in total. The second kappa shape index (κ2) is 5.67. The Morgan fingerprint density at radius 3 is 2.84 bits per heavy atom. The number of aromatic nitrogens is 2. The minimum absolute atomic E-state index is 0.0591. The molecule has 0 saturated carbocycles. The molecule has 0 aliphatic carbocycles. The predicted octanol–water partition coefficient (Wildman–Crippen LogP) is 1.17. The molecule has 0 aliphatic rings. The van der Waals surface area contributed by atoms with Crippen LogP contribution >= 0.6 is 27.3 Å². The zero-order valence-electron chi connectivity index (χ0n) is 9.75. The number of nitrogens with one attached hydrogen (secondary N) is 1. The van der Waals surface area contributed by atoms with E-state index in [1.54, 1.807) is 6.92 Å². The molecule has 0 saturated heterocycles. The van der Waals surface area contributed by atoms with Gasteiger partial charge in [0.2, 0.25) is 15.9 Å². The molecule has 0 spiro atoms. The lowest BCUT2D eigenvalue weighted by molar-refractivity contribution is 0.285. The Morgan fingerprint density at radius 1 is 1.58 bits per heavy atom. The highest BCUT2D eigenvalue weighted by Crippen LogP contribution is 2.31. The van der Waals surface area contributed by atoms with E-state index >= 15 is 0 Å². The molecule has 0 radical (unpaired) electrons. The van der Waals surface area contributed by atoms with Crippen LogP contribution < -0.4 is 4.72 Å². The van der Waals surface area contributed by atoms with Crippen LogP contribution in [0.15, 0.2) is 19.3 Å². The zero-order chi connectivity index (χ0) is 14.0. The van der Waals surface area contributed by atoms with Crippen molar-refractivity contribution in [2.24, 2.45) is 0 Å². The van der Waals surface area contributed by atoms with Crippen molar-refractivity contribution < 1.29 is 18.0 Å². The zero-order valence-corrected chi connectivity index (χ0v) is 13.0. The Hall–Kier alpha value is -0.810. The smallest absolute Gasteiger partial charge is 0.242 e. The molecular weight excluding hydrogens is 358 g/mol. The van der Waals surface area contributed by atoms with Gasteiger partial charge >= 0.3 is 0 Å². The monoisotopic (exact) mass is 367 g/mol. The fourth-order valence-corrected chi connectivity index (χ4v) is 4.83. The van der Waals surface area contributed by atoms with Gasteiger partial charge in [-0.15, -0.1) is 11.3 Å². The number of hydrogen-bond donors (Lipinski definition) is 2. The van der Waals surface area contributed by atoms with Gasteiger partial charge in [-0.3, -0.25) is 0 Å². The first kappa shape index (κ1) is 14.6. The van der Waals surface area contributed by atoms with E-state index in [-0.39, 0.29) is 23.9 Å². The molecule has 19 heavy (non-hydrogen) atoms. The van der Waals surface area contributed by atoms with Crippen molar-refractivity contribution in [1.82, 2.24) is 14.9 Å². The molecule has 2 heterocycles. The highest BCUT2D eigenvalue weighted by Gasteiger charge is 2.21. The summed E-state index contributed by atoms with van der Waals surface area (Å²) in [6.45, 7) is 1.35. The minimum atomic E-state index is -3.69. The number of hydrogen-bond acceptors (Lipinski definition) is 7. The van der Waals surface area contributed by atoms with Gasteiger partial charge in [0.15, 0.2) is 5.82 Å². The molecule has 2 rings (SSSR count). The van der Waals surface area contributed by atoms with Crippen LogP contribution in [0.5, 0.6) is 0 Å². The standard InChI is InChI=1S/C9H10BrN3O4S2/c1-5-12-8(13-17-5)3-11-19(15,16)7-2-6(4-14)18-9(7)10/h2,11,14H,3-4H2,1H3. The van der Waals surface area contributed by atoms with Crippen LogP contribution in [0, 0.1) is 6.92 Å². The lowest BCUT2D eigenvalue weighted by atomic mass is 10.5. The van der Waals surface area contributed by atoms with Crippen LogP contribution in [-0.4, -0.2) is 23.7 Å². The fourth-order valence-electron chi connectivity index (χ4n) is 1.31. The molecule has 2 aromatic rings. The minimum Gasteiger partial charge on any atom is -0.391 e. The first-order valence-corrected chi connectivity index (χ1v) is 8.19. The molecule has 0 amide bonds. The first-order valence-electron chi connectivity index (χ1n) is 5.10. The van der Waals surface area contributed by atoms with Gasteiger partial charge < -0.3 is 9.63 Å². The quantitative estimate of drug-likeness (QED) is 0.821. The van der Waals surface area contributed by atoms with Crippen molar-refractivity contribution in [1.29, 1.82) is 0 Å². The summed E-state index contributed by atoms with van der Waals surface area (Å²) in [5, 5.41) is 12.6. The highest BCUT2D eigenvalue weighted by atomic mass is 79.9. The van der Waals surface area contributed by atoms with Gasteiger partial charge in [0.1, 0.15) is 4.90 Å². The summed E-state index contributed by atoms with van der Waals surface area (Å²) < 4.78 is 31.7. The van der Waals surface area contributed by atoms with Gasteiger partial charge in [0, 0.05) is 11.8 Å². The molecule has 0 bridgehead atoms. The molecule has 0 unspecified atom stereocenters. The molecule has 7 nitrogen and oxygen atoms in total. The fraction of sp³-hybridized carbons (Fsp3) is 0.333. The van der Waals surface area contributed by atoms with Crippen molar-refractivity contribution in [2.45, 2.75) is 25.0 Å². The molecule has 10 heteroatoms. The first-order chi connectivity index (χ1) is 8.92. The third-order valence-electron chi connectivity index (χ3n) is 2.14. The second-order valence-corrected chi connectivity index (χ2v) is 7.75. The van der Waals surface area contributed by atoms with E-state index in [4.69, 9.17) is 9.63 Å². The summed E-state index contributed by atoms with van der Waals surface area (Å²) in [6, 6.07) is 1.42. The Bertz CT molecular complexity index is 679.